The number of nitrogens with zero attached hydrogens (tertiary/aromatic N) is 2. The van der Waals surface area contributed by atoms with Crippen molar-refractivity contribution in [2.75, 3.05) is 13.1 Å². The number of H-pyrrole nitrogens is 1. The van der Waals surface area contributed by atoms with E-state index in [1.165, 1.54) is 30.3 Å². The first-order valence-corrected chi connectivity index (χ1v) is 11.8. The van der Waals surface area contributed by atoms with Crippen molar-refractivity contribution >= 4 is 21.9 Å². The molecule has 0 bridgehead atoms. The van der Waals surface area contributed by atoms with Crippen molar-refractivity contribution in [3.63, 3.8) is 0 Å². The summed E-state index contributed by atoms with van der Waals surface area (Å²) in [4.78, 5) is 7.79. The van der Waals surface area contributed by atoms with Gasteiger partial charge in [0.1, 0.15) is 11.6 Å². The molecule has 4 heterocycles. The molecule has 2 aliphatic rings. The van der Waals surface area contributed by atoms with E-state index >= 15 is 0 Å². The fraction of sp³-hybridized carbons (Fsp3) is 0.400. The number of hydrogen-bond acceptors (Lipinski definition) is 3. The zero-order chi connectivity index (χ0) is 25.2. The predicted molar refractivity (Wildman–Crippen MR) is 123 cm³/mol. The van der Waals surface area contributed by atoms with Crippen LogP contribution in [-0.2, 0) is 13.0 Å². The number of aromatic amines is 1. The van der Waals surface area contributed by atoms with Gasteiger partial charge in [-0.15, -0.1) is 0 Å². The third-order valence-electron chi connectivity index (χ3n) is 7.04. The van der Waals surface area contributed by atoms with Gasteiger partial charge in [0.25, 0.3) is 11.8 Å². The van der Waals surface area contributed by atoms with Gasteiger partial charge in [0.2, 0.25) is 0 Å². The molecule has 2 aromatic heterocycles. The molecule has 5 nitrogen and oxygen atoms in total. The summed E-state index contributed by atoms with van der Waals surface area (Å²) in [5, 5.41) is 6.33. The zero-order valence-electron chi connectivity index (χ0n) is 19.0. The van der Waals surface area contributed by atoms with Gasteiger partial charge in [-0.05, 0) is 42.3 Å². The van der Waals surface area contributed by atoms with Gasteiger partial charge < -0.3 is 20.2 Å². The molecule has 0 radical (unpaired) electrons. The molecule has 2 fully saturated rings. The number of nitrogens with one attached hydrogen (secondary N) is 3. The molecule has 0 aliphatic carbocycles. The highest BCUT2D eigenvalue weighted by Crippen LogP contribution is 2.37. The van der Waals surface area contributed by atoms with Crippen molar-refractivity contribution in [2.24, 2.45) is 0 Å². The summed E-state index contributed by atoms with van der Waals surface area (Å²) in [5.74, 6) is -6.28. The maximum absolute atomic E-state index is 14.0. The highest BCUT2D eigenvalue weighted by atomic mass is 19.3. The predicted octanol–water partition coefficient (Wildman–Crippen LogP) is 5.00. The Labute approximate surface area is 201 Å². The summed E-state index contributed by atoms with van der Waals surface area (Å²) in [6.07, 6.45) is -0.490. The number of hydrogen-bond donors (Lipinski definition) is 3. The van der Waals surface area contributed by atoms with Gasteiger partial charge in [0.15, 0.2) is 5.82 Å². The van der Waals surface area contributed by atoms with Crippen molar-refractivity contribution < 1.29 is 26.3 Å². The monoisotopic (exact) mass is 507 g/mol. The fourth-order valence-corrected chi connectivity index (χ4v) is 5.45. The molecule has 36 heavy (non-hydrogen) atoms. The normalized spacial score (nSPS) is 23.3. The molecule has 0 amide bonds. The van der Waals surface area contributed by atoms with Crippen LogP contribution in [-0.4, -0.2) is 51.6 Å². The first kappa shape index (κ1) is 23.4. The lowest BCUT2D eigenvalue weighted by molar-refractivity contribution is 0.0201. The molecule has 11 heteroatoms. The second-order valence-electron chi connectivity index (χ2n) is 9.83. The largest absolute Gasteiger partial charge is 0.352 e. The van der Waals surface area contributed by atoms with E-state index in [0.29, 0.717) is 39.0 Å². The van der Waals surface area contributed by atoms with Gasteiger partial charge >= 0.3 is 0 Å². The Balaban J connectivity index is 1.50. The molecular formula is C25H23F6N5. The van der Waals surface area contributed by atoms with Gasteiger partial charge in [0.05, 0.1) is 29.8 Å². The number of alkyl halides is 4. The lowest BCUT2D eigenvalue weighted by atomic mass is 10.00. The van der Waals surface area contributed by atoms with E-state index in [1.54, 1.807) is 10.6 Å². The number of benzene rings is 2. The van der Waals surface area contributed by atoms with Crippen LogP contribution in [0.5, 0.6) is 0 Å². The lowest BCUT2D eigenvalue weighted by Crippen LogP contribution is -2.27. The van der Waals surface area contributed by atoms with Gasteiger partial charge in [-0.2, -0.15) is 0 Å². The van der Waals surface area contributed by atoms with Crippen molar-refractivity contribution in [2.45, 2.75) is 49.7 Å². The first-order chi connectivity index (χ1) is 17.1. The van der Waals surface area contributed by atoms with Crippen molar-refractivity contribution in [3.05, 3.63) is 53.6 Å². The van der Waals surface area contributed by atoms with Crippen molar-refractivity contribution in [1.82, 2.24) is 25.2 Å². The van der Waals surface area contributed by atoms with E-state index in [-0.39, 0.29) is 25.8 Å². The number of aromatic nitrogens is 3. The minimum atomic E-state index is -2.84. The Morgan fingerprint density at radius 1 is 0.889 bits per heavy atom. The van der Waals surface area contributed by atoms with Gasteiger partial charge in [-0.1, -0.05) is 0 Å². The quantitative estimate of drug-likeness (QED) is 0.334. The third-order valence-corrected chi connectivity index (χ3v) is 7.04. The van der Waals surface area contributed by atoms with E-state index in [9.17, 15) is 26.3 Å². The molecule has 190 valence electrons. The van der Waals surface area contributed by atoms with Gasteiger partial charge in [-0.25, -0.2) is 31.3 Å². The molecule has 2 saturated heterocycles. The minimum absolute atomic E-state index is 0.135. The second kappa shape index (κ2) is 8.24. The summed E-state index contributed by atoms with van der Waals surface area (Å²) >= 11 is 0. The molecule has 2 atom stereocenters. The molecule has 2 aliphatic heterocycles. The van der Waals surface area contributed by atoms with Crippen LogP contribution in [0.2, 0.25) is 0 Å². The minimum Gasteiger partial charge on any atom is -0.352 e. The van der Waals surface area contributed by atoms with Crippen molar-refractivity contribution in [1.29, 1.82) is 0 Å². The Hall–Kier alpha value is -3.05. The highest BCUT2D eigenvalue weighted by molar-refractivity contribution is 5.91. The molecule has 2 aromatic carbocycles. The van der Waals surface area contributed by atoms with E-state index < -0.39 is 48.7 Å². The van der Waals surface area contributed by atoms with Crippen LogP contribution in [0.4, 0.5) is 26.3 Å². The van der Waals surface area contributed by atoms with Crippen LogP contribution < -0.4 is 10.6 Å². The maximum Gasteiger partial charge on any atom is 0.261 e. The summed E-state index contributed by atoms with van der Waals surface area (Å²) in [7, 11) is 0. The average molecular weight is 507 g/mol. The second-order valence-corrected chi connectivity index (χ2v) is 9.83. The molecule has 3 N–H and O–H groups in total. The van der Waals surface area contributed by atoms with Crippen LogP contribution in [0.1, 0.15) is 18.4 Å². The summed E-state index contributed by atoms with van der Waals surface area (Å²) in [6, 6.07) is 7.18. The van der Waals surface area contributed by atoms with Gasteiger partial charge in [-0.3, -0.25) is 0 Å². The Kier molecular flexibility index (Phi) is 5.34. The van der Waals surface area contributed by atoms with E-state index in [2.05, 4.69) is 20.6 Å². The maximum atomic E-state index is 14.0. The van der Waals surface area contributed by atoms with Crippen LogP contribution in [0, 0.1) is 11.6 Å². The lowest BCUT2D eigenvalue weighted by Gasteiger charge is -2.16. The molecule has 0 saturated carbocycles. The summed E-state index contributed by atoms with van der Waals surface area (Å²) in [5.41, 5.74) is 2.46. The van der Waals surface area contributed by atoms with E-state index in [1.807, 2.05) is 0 Å². The van der Waals surface area contributed by atoms with E-state index in [4.69, 9.17) is 0 Å². The molecule has 0 spiro atoms. The average Bonchev–Trinajstić information content (AvgIpc) is 3.52. The number of imidazole rings is 1. The van der Waals surface area contributed by atoms with Crippen molar-refractivity contribution in [3.8, 4) is 11.5 Å². The van der Waals surface area contributed by atoms with Crippen LogP contribution >= 0.6 is 0 Å². The molecule has 0 unspecified atom stereocenters. The first-order valence-electron chi connectivity index (χ1n) is 11.8. The SMILES string of the molecule is Fc1ccc2c(c1)nc(-c1[nH]c3cc(F)ccc3c1C[C@@H]1CC(F)(F)CN1)n2C[C@@H]1CC(F)(F)CN1. The summed E-state index contributed by atoms with van der Waals surface area (Å²) in [6.45, 7) is -0.730. The number of fused-ring (bicyclic) bond motifs is 2. The number of rotatable bonds is 5. The molecule has 6 rings (SSSR count). The van der Waals surface area contributed by atoms with Gasteiger partial charge in [0, 0.05) is 48.4 Å². The van der Waals surface area contributed by atoms with Crippen LogP contribution in [0.15, 0.2) is 36.4 Å². The standard InChI is InChI=1S/C25H23F6N5/c26-13-1-3-17-18(7-15-8-24(28,29)11-32-15)22(34-19(17)5-13)23-35-20-6-14(27)2-4-21(20)36(23)10-16-9-25(30,31)12-33-16/h1-6,15-16,32-34H,7-12H2/t15-,16+/m1/s1. The molecular weight excluding hydrogens is 484 g/mol. The Morgan fingerprint density at radius 3 is 2.25 bits per heavy atom. The Morgan fingerprint density at radius 2 is 1.56 bits per heavy atom. The van der Waals surface area contributed by atoms with Crippen LogP contribution in [0.25, 0.3) is 33.5 Å². The third kappa shape index (κ3) is 4.24. The zero-order valence-corrected chi connectivity index (χ0v) is 19.0. The van der Waals surface area contributed by atoms with E-state index in [0.717, 1.165) is 0 Å². The topological polar surface area (TPSA) is 57.7 Å². The number of halogens is 6. The Bertz CT molecular complexity index is 1350. The highest BCUT2D eigenvalue weighted by Gasteiger charge is 2.41. The smallest absolute Gasteiger partial charge is 0.261 e. The summed E-state index contributed by atoms with van der Waals surface area (Å²) < 4.78 is 85.4. The fourth-order valence-electron chi connectivity index (χ4n) is 5.45. The molecule has 4 aromatic rings. The van der Waals surface area contributed by atoms with Crippen LogP contribution in [0.3, 0.4) is 0 Å².